The Kier molecular flexibility index (Phi) is 5.44. The predicted molar refractivity (Wildman–Crippen MR) is 83.2 cm³/mol. The summed E-state index contributed by atoms with van der Waals surface area (Å²) in [5, 5.41) is 6.51. The van der Waals surface area contributed by atoms with E-state index in [1.807, 2.05) is 0 Å². The number of halogens is 1. The van der Waals surface area contributed by atoms with Crippen molar-refractivity contribution in [1.82, 2.24) is 10.6 Å². The molecule has 1 aromatic rings. The summed E-state index contributed by atoms with van der Waals surface area (Å²) in [5.41, 5.74) is 1.41. The molecule has 0 bridgehead atoms. The smallest absolute Gasteiger partial charge is 0.224 e. The highest BCUT2D eigenvalue weighted by Crippen LogP contribution is 2.36. The van der Waals surface area contributed by atoms with E-state index < -0.39 is 0 Å². The first-order chi connectivity index (χ1) is 9.33. The van der Waals surface area contributed by atoms with Crippen molar-refractivity contribution in [3.63, 3.8) is 0 Å². The molecule has 1 aliphatic carbocycles. The van der Waals surface area contributed by atoms with Gasteiger partial charge in [-0.05, 0) is 43.7 Å². The molecule has 2 fully saturated rings. The number of carbonyl (C=O) groups excluding carboxylic acids is 1. The van der Waals surface area contributed by atoms with Crippen LogP contribution in [0.3, 0.4) is 0 Å². The minimum absolute atomic E-state index is 0. The molecule has 1 unspecified atom stereocenters. The molecule has 1 aromatic carbocycles. The summed E-state index contributed by atoms with van der Waals surface area (Å²) in [7, 11) is 0. The van der Waals surface area contributed by atoms with Gasteiger partial charge in [0.2, 0.25) is 5.91 Å². The fraction of sp³-hybridized carbons (Fsp3) is 0.562. The molecule has 20 heavy (non-hydrogen) atoms. The lowest BCUT2D eigenvalue weighted by Gasteiger charge is -2.37. The summed E-state index contributed by atoms with van der Waals surface area (Å²) in [4.78, 5) is 12.1. The second kappa shape index (κ2) is 7.09. The van der Waals surface area contributed by atoms with Gasteiger partial charge >= 0.3 is 0 Å². The Balaban J connectivity index is 0.00000147. The molecule has 2 N–H and O–H groups in total. The number of nitrogens with one attached hydrogen (secondary N) is 2. The Morgan fingerprint density at radius 3 is 2.60 bits per heavy atom. The molecule has 1 saturated carbocycles. The van der Waals surface area contributed by atoms with E-state index in [0.717, 1.165) is 38.8 Å². The third-order valence-corrected chi connectivity index (χ3v) is 4.42. The average Bonchev–Trinajstić information content (AvgIpc) is 2.44. The fourth-order valence-corrected chi connectivity index (χ4v) is 3.13. The molecule has 0 aromatic heterocycles. The number of piperidine rings is 1. The highest BCUT2D eigenvalue weighted by atomic mass is 35.5. The summed E-state index contributed by atoms with van der Waals surface area (Å²) in [6, 6.07) is 11.0. The maximum atomic E-state index is 12.1. The first-order valence-electron chi connectivity index (χ1n) is 7.39. The molecular weight excluding hydrogens is 272 g/mol. The Labute approximate surface area is 126 Å². The number of amides is 1. The summed E-state index contributed by atoms with van der Waals surface area (Å²) >= 11 is 0. The van der Waals surface area contributed by atoms with Gasteiger partial charge in [0.1, 0.15) is 0 Å². The van der Waals surface area contributed by atoms with Gasteiger partial charge in [0.15, 0.2) is 0 Å². The zero-order chi connectivity index (χ0) is 13.1. The van der Waals surface area contributed by atoms with Crippen LogP contribution in [0.5, 0.6) is 0 Å². The lowest BCUT2D eigenvalue weighted by atomic mass is 9.75. The SMILES string of the molecule is Cl.O=C(NC1CC(c2ccccc2)C1)C1CCCNC1. The van der Waals surface area contributed by atoms with E-state index in [1.54, 1.807) is 0 Å². The number of hydrogen-bond acceptors (Lipinski definition) is 2. The van der Waals surface area contributed by atoms with Crippen molar-refractivity contribution in [1.29, 1.82) is 0 Å². The number of hydrogen-bond donors (Lipinski definition) is 2. The molecule has 1 amide bonds. The maximum absolute atomic E-state index is 12.1. The second-order valence-corrected chi connectivity index (χ2v) is 5.83. The van der Waals surface area contributed by atoms with Gasteiger partial charge in [0.25, 0.3) is 0 Å². The average molecular weight is 295 g/mol. The zero-order valence-electron chi connectivity index (χ0n) is 11.7. The molecule has 110 valence electrons. The van der Waals surface area contributed by atoms with Gasteiger partial charge in [-0.15, -0.1) is 12.4 Å². The van der Waals surface area contributed by atoms with Crippen LogP contribution in [0.15, 0.2) is 30.3 Å². The van der Waals surface area contributed by atoms with E-state index in [-0.39, 0.29) is 24.2 Å². The predicted octanol–water partition coefficient (Wildman–Crippen LogP) is 2.47. The lowest BCUT2D eigenvalue weighted by molar-refractivity contribution is -0.126. The Hall–Kier alpha value is -1.06. The molecule has 1 heterocycles. The largest absolute Gasteiger partial charge is 0.353 e. The first kappa shape index (κ1) is 15.3. The van der Waals surface area contributed by atoms with Gasteiger partial charge in [-0.3, -0.25) is 4.79 Å². The normalized spacial score (nSPS) is 28.9. The van der Waals surface area contributed by atoms with Crippen LogP contribution in [0.25, 0.3) is 0 Å². The lowest BCUT2D eigenvalue weighted by Crippen LogP contribution is -2.48. The zero-order valence-corrected chi connectivity index (χ0v) is 12.5. The molecule has 3 rings (SSSR count). The summed E-state index contributed by atoms with van der Waals surface area (Å²) in [5.74, 6) is 1.07. The van der Waals surface area contributed by atoms with Crippen LogP contribution in [0.1, 0.15) is 37.2 Å². The van der Waals surface area contributed by atoms with Gasteiger partial charge in [0, 0.05) is 12.6 Å². The maximum Gasteiger partial charge on any atom is 0.224 e. The highest BCUT2D eigenvalue weighted by Gasteiger charge is 2.32. The Bertz CT molecular complexity index is 425. The van der Waals surface area contributed by atoms with Crippen LogP contribution in [0, 0.1) is 5.92 Å². The molecule has 0 spiro atoms. The minimum Gasteiger partial charge on any atom is -0.353 e. The van der Waals surface area contributed by atoms with Crippen molar-refractivity contribution >= 4 is 18.3 Å². The van der Waals surface area contributed by atoms with Crippen LogP contribution in [0.4, 0.5) is 0 Å². The summed E-state index contributed by atoms with van der Waals surface area (Å²) in [6.07, 6.45) is 4.34. The van der Waals surface area contributed by atoms with Crippen LogP contribution in [-0.4, -0.2) is 25.0 Å². The summed E-state index contributed by atoms with van der Waals surface area (Å²) < 4.78 is 0. The molecule has 1 saturated heterocycles. The molecule has 3 nitrogen and oxygen atoms in total. The van der Waals surface area contributed by atoms with Crippen molar-refractivity contribution in [2.45, 2.75) is 37.6 Å². The van der Waals surface area contributed by atoms with E-state index in [1.165, 1.54) is 5.56 Å². The fourth-order valence-electron chi connectivity index (χ4n) is 3.13. The monoisotopic (exact) mass is 294 g/mol. The standard InChI is InChI=1S/C16H22N2O.ClH/c19-16(13-7-4-8-17-11-13)18-15-9-14(10-15)12-5-2-1-3-6-12;/h1-3,5-6,13-15,17H,4,7-11H2,(H,18,19);1H. The van der Waals surface area contributed by atoms with E-state index in [9.17, 15) is 4.79 Å². The van der Waals surface area contributed by atoms with Gasteiger partial charge in [-0.1, -0.05) is 30.3 Å². The van der Waals surface area contributed by atoms with Crippen molar-refractivity contribution in [3.05, 3.63) is 35.9 Å². The number of carbonyl (C=O) groups is 1. The molecule has 1 atom stereocenters. The van der Waals surface area contributed by atoms with E-state index >= 15 is 0 Å². The van der Waals surface area contributed by atoms with Crippen molar-refractivity contribution < 1.29 is 4.79 Å². The van der Waals surface area contributed by atoms with E-state index in [4.69, 9.17) is 0 Å². The van der Waals surface area contributed by atoms with Crippen LogP contribution < -0.4 is 10.6 Å². The first-order valence-corrected chi connectivity index (χ1v) is 7.39. The van der Waals surface area contributed by atoms with Crippen molar-refractivity contribution in [3.8, 4) is 0 Å². The number of benzene rings is 1. The van der Waals surface area contributed by atoms with Crippen LogP contribution >= 0.6 is 12.4 Å². The van der Waals surface area contributed by atoms with Gasteiger partial charge in [-0.25, -0.2) is 0 Å². The van der Waals surface area contributed by atoms with Crippen molar-refractivity contribution in [2.24, 2.45) is 5.92 Å². The van der Waals surface area contributed by atoms with Crippen LogP contribution in [0.2, 0.25) is 0 Å². The summed E-state index contributed by atoms with van der Waals surface area (Å²) in [6.45, 7) is 1.91. The minimum atomic E-state index is 0. The Morgan fingerprint density at radius 2 is 1.95 bits per heavy atom. The third-order valence-electron chi connectivity index (χ3n) is 4.42. The molecular formula is C16H23ClN2O. The highest BCUT2D eigenvalue weighted by molar-refractivity contribution is 5.85. The molecule has 1 aliphatic heterocycles. The number of rotatable bonds is 3. The van der Waals surface area contributed by atoms with Crippen molar-refractivity contribution in [2.75, 3.05) is 13.1 Å². The molecule has 0 radical (unpaired) electrons. The molecule has 4 heteroatoms. The van der Waals surface area contributed by atoms with E-state index in [0.29, 0.717) is 12.0 Å². The quantitative estimate of drug-likeness (QED) is 0.899. The molecule has 2 aliphatic rings. The van der Waals surface area contributed by atoms with Gasteiger partial charge < -0.3 is 10.6 Å². The second-order valence-electron chi connectivity index (χ2n) is 5.83. The van der Waals surface area contributed by atoms with Gasteiger partial charge in [-0.2, -0.15) is 0 Å². The van der Waals surface area contributed by atoms with Gasteiger partial charge in [0.05, 0.1) is 5.92 Å². The topological polar surface area (TPSA) is 41.1 Å². The van der Waals surface area contributed by atoms with Crippen LogP contribution in [-0.2, 0) is 4.79 Å². The van der Waals surface area contributed by atoms with E-state index in [2.05, 4.69) is 41.0 Å². The third kappa shape index (κ3) is 3.53. The Morgan fingerprint density at radius 1 is 1.20 bits per heavy atom.